The molecule has 0 saturated carbocycles. The van der Waals surface area contributed by atoms with Crippen molar-refractivity contribution in [3.8, 4) is 0 Å². The molecule has 6 heteroatoms. The third-order valence-corrected chi connectivity index (χ3v) is 4.09. The number of halogens is 1. The summed E-state index contributed by atoms with van der Waals surface area (Å²) in [5.74, 6) is 0.0943. The van der Waals surface area contributed by atoms with Gasteiger partial charge >= 0.3 is 0 Å². The minimum absolute atomic E-state index is 0.295. The molecule has 0 radical (unpaired) electrons. The second-order valence-corrected chi connectivity index (χ2v) is 6.25. The Bertz CT molecular complexity index is 925. The van der Waals surface area contributed by atoms with Crippen LogP contribution in [0.25, 0.3) is 0 Å². The smallest absolute Gasteiger partial charge is 0.274 e. The fourth-order valence-electron chi connectivity index (χ4n) is 2.54. The molecule has 0 atom stereocenters. The van der Waals surface area contributed by atoms with Gasteiger partial charge in [-0.2, -0.15) is 0 Å². The molecule has 0 aliphatic heterocycles. The highest BCUT2D eigenvalue weighted by molar-refractivity contribution is 6.30. The van der Waals surface area contributed by atoms with Crippen LogP contribution < -0.4 is 10.6 Å². The van der Waals surface area contributed by atoms with E-state index >= 15 is 0 Å². The predicted octanol–water partition coefficient (Wildman–Crippen LogP) is 5.00. The number of aromatic nitrogens is 2. The van der Waals surface area contributed by atoms with Crippen molar-refractivity contribution < 1.29 is 4.79 Å². The van der Waals surface area contributed by atoms with E-state index in [0.29, 0.717) is 28.0 Å². The first-order valence-electron chi connectivity index (χ1n) is 8.32. The Morgan fingerprint density at radius 1 is 1.08 bits per heavy atom. The lowest BCUT2D eigenvalue weighted by atomic mass is 10.1. The molecule has 0 aliphatic rings. The first-order chi connectivity index (χ1) is 12.5. The van der Waals surface area contributed by atoms with E-state index in [0.717, 1.165) is 17.7 Å². The molecule has 0 saturated heterocycles. The summed E-state index contributed by atoms with van der Waals surface area (Å²) < 4.78 is 0. The van der Waals surface area contributed by atoms with Crippen LogP contribution in [-0.4, -0.2) is 15.9 Å². The minimum atomic E-state index is -0.301. The Balaban J connectivity index is 1.82. The molecule has 1 heterocycles. The molecule has 1 aromatic heterocycles. The van der Waals surface area contributed by atoms with E-state index in [4.69, 9.17) is 11.6 Å². The second kappa shape index (κ2) is 7.97. The molecule has 132 valence electrons. The third-order valence-electron chi connectivity index (χ3n) is 3.83. The minimum Gasteiger partial charge on any atom is -0.324 e. The number of benzene rings is 2. The van der Waals surface area contributed by atoms with Crippen LogP contribution in [0.1, 0.15) is 28.7 Å². The fraction of sp³-hybridized carbons (Fsp3) is 0.150. The highest BCUT2D eigenvalue weighted by atomic mass is 35.5. The van der Waals surface area contributed by atoms with Crippen molar-refractivity contribution >= 4 is 34.8 Å². The summed E-state index contributed by atoms with van der Waals surface area (Å²) in [6.45, 7) is 3.92. The number of amides is 1. The highest BCUT2D eigenvalue weighted by Gasteiger charge is 2.12. The lowest BCUT2D eigenvalue weighted by molar-refractivity contribution is 0.102. The quantitative estimate of drug-likeness (QED) is 0.667. The number of nitrogens with zero attached hydrogens (tertiary/aromatic N) is 2. The lowest BCUT2D eigenvalue weighted by Crippen LogP contribution is -2.15. The molecule has 3 rings (SSSR count). The van der Waals surface area contributed by atoms with Gasteiger partial charge in [0.2, 0.25) is 5.95 Å². The molecular weight excluding hydrogens is 348 g/mol. The third kappa shape index (κ3) is 4.37. The fourth-order valence-corrected chi connectivity index (χ4v) is 2.67. The largest absolute Gasteiger partial charge is 0.324 e. The van der Waals surface area contributed by atoms with Gasteiger partial charge in [0.25, 0.3) is 5.91 Å². The van der Waals surface area contributed by atoms with Gasteiger partial charge in [-0.05, 0) is 55.3 Å². The number of hydrogen-bond donors (Lipinski definition) is 2. The van der Waals surface area contributed by atoms with E-state index in [1.165, 1.54) is 0 Å². The number of carbonyl (C=O) groups is 1. The molecule has 2 N–H and O–H groups in total. The van der Waals surface area contributed by atoms with Gasteiger partial charge in [0.15, 0.2) is 0 Å². The van der Waals surface area contributed by atoms with Crippen molar-refractivity contribution in [3.63, 3.8) is 0 Å². The number of rotatable bonds is 5. The van der Waals surface area contributed by atoms with Crippen LogP contribution in [0.2, 0.25) is 5.02 Å². The number of aryl methyl sites for hydroxylation is 2. The summed E-state index contributed by atoms with van der Waals surface area (Å²) in [6.07, 6.45) is 0.888. The SMILES string of the molecule is CCc1ccccc1Nc1nc(C)cc(C(=O)Nc2ccc(Cl)cc2)n1. The van der Waals surface area contributed by atoms with Crippen LogP contribution in [-0.2, 0) is 6.42 Å². The van der Waals surface area contributed by atoms with Crippen LogP contribution in [0.3, 0.4) is 0 Å². The van der Waals surface area contributed by atoms with Crippen LogP contribution >= 0.6 is 11.6 Å². The van der Waals surface area contributed by atoms with Crippen molar-refractivity contribution in [2.24, 2.45) is 0 Å². The standard InChI is InChI=1S/C20H19ClN4O/c1-3-14-6-4-5-7-17(14)24-20-22-13(2)12-18(25-20)19(26)23-16-10-8-15(21)9-11-16/h4-12H,3H2,1-2H3,(H,23,26)(H,22,24,25). The molecule has 0 unspecified atom stereocenters. The molecule has 1 amide bonds. The Morgan fingerprint density at radius 2 is 1.81 bits per heavy atom. The maximum Gasteiger partial charge on any atom is 0.274 e. The average molecular weight is 367 g/mol. The first kappa shape index (κ1) is 17.9. The van der Waals surface area contributed by atoms with Gasteiger partial charge in [-0.3, -0.25) is 4.79 Å². The van der Waals surface area contributed by atoms with E-state index in [2.05, 4.69) is 27.5 Å². The summed E-state index contributed by atoms with van der Waals surface area (Å²) in [6, 6.07) is 16.5. The molecule has 0 bridgehead atoms. The number of nitrogens with one attached hydrogen (secondary N) is 2. The van der Waals surface area contributed by atoms with Crippen LogP contribution in [0.4, 0.5) is 17.3 Å². The molecule has 5 nitrogen and oxygen atoms in total. The average Bonchev–Trinajstić information content (AvgIpc) is 2.63. The van der Waals surface area contributed by atoms with Crippen molar-refractivity contribution in [1.82, 2.24) is 9.97 Å². The maximum atomic E-state index is 12.5. The molecular formula is C20H19ClN4O. The Labute approximate surface area is 157 Å². The Morgan fingerprint density at radius 3 is 2.54 bits per heavy atom. The van der Waals surface area contributed by atoms with Gasteiger partial charge in [-0.15, -0.1) is 0 Å². The molecule has 0 fully saturated rings. The van der Waals surface area contributed by atoms with E-state index < -0.39 is 0 Å². The zero-order valence-corrected chi connectivity index (χ0v) is 15.3. The predicted molar refractivity (Wildman–Crippen MR) is 105 cm³/mol. The normalized spacial score (nSPS) is 10.4. The van der Waals surface area contributed by atoms with Crippen molar-refractivity contribution in [2.75, 3.05) is 10.6 Å². The molecule has 2 aromatic carbocycles. The van der Waals surface area contributed by atoms with Gasteiger partial charge in [0.1, 0.15) is 5.69 Å². The number of carbonyl (C=O) groups excluding carboxylic acids is 1. The zero-order valence-electron chi connectivity index (χ0n) is 14.6. The number of hydrogen-bond acceptors (Lipinski definition) is 4. The summed E-state index contributed by atoms with van der Waals surface area (Å²) >= 11 is 5.87. The van der Waals surface area contributed by atoms with E-state index in [9.17, 15) is 4.79 Å². The topological polar surface area (TPSA) is 66.9 Å². The number of para-hydroxylation sites is 1. The maximum absolute atomic E-state index is 12.5. The Kier molecular flexibility index (Phi) is 5.49. The van der Waals surface area contributed by atoms with Crippen molar-refractivity contribution in [2.45, 2.75) is 20.3 Å². The van der Waals surface area contributed by atoms with Crippen molar-refractivity contribution in [1.29, 1.82) is 0 Å². The summed E-state index contributed by atoms with van der Waals surface area (Å²) in [7, 11) is 0. The lowest BCUT2D eigenvalue weighted by Gasteiger charge is -2.11. The first-order valence-corrected chi connectivity index (χ1v) is 8.70. The van der Waals surface area contributed by atoms with Crippen LogP contribution in [0.15, 0.2) is 54.6 Å². The van der Waals surface area contributed by atoms with Gasteiger partial charge in [0.05, 0.1) is 0 Å². The van der Waals surface area contributed by atoms with Crippen molar-refractivity contribution in [3.05, 3.63) is 76.6 Å². The van der Waals surface area contributed by atoms with Crippen LogP contribution in [0.5, 0.6) is 0 Å². The van der Waals surface area contributed by atoms with Gasteiger partial charge in [-0.25, -0.2) is 9.97 Å². The van der Waals surface area contributed by atoms with Gasteiger partial charge in [0, 0.05) is 22.1 Å². The zero-order chi connectivity index (χ0) is 18.5. The molecule has 0 spiro atoms. The van der Waals surface area contributed by atoms with E-state index in [-0.39, 0.29) is 5.91 Å². The second-order valence-electron chi connectivity index (χ2n) is 5.81. The summed E-state index contributed by atoms with van der Waals surface area (Å²) in [5, 5.41) is 6.63. The Hall–Kier alpha value is -2.92. The highest BCUT2D eigenvalue weighted by Crippen LogP contribution is 2.20. The molecule has 0 aliphatic carbocycles. The summed E-state index contributed by atoms with van der Waals surface area (Å²) in [4.78, 5) is 21.3. The van der Waals surface area contributed by atoms with E-state index in [1.54, 1.807) is 30.3 Å². The number of anilines is 3. The molecule has 26 heavy (non-hydrogen) atoms. The van der Waals surface area contributed by atoms with Gasteiger partial charge in [-0.1, -0.05) is 36.7 Å². The van der Waals surface area contributed by atoms with Gasteiger partial charge < -0.3 is 10.6 Å². The monoisotopic (exact) mass is 366 g/mol. The molecule has 3 aromatic rings. The summed E-state index contributed by atoms with van der Waals surface area (Å²) in [5.41, 5.74) is 3.75. The van der Waals surface area contributed by atoms with E-state index in [1.807, 2.05) is 31.2 Å². The van der Waals surface area contributed by atoms with Crippen LogP contribution in [0, 0.1) is 6.92 Å².